The van der Waals surface area contributed by atoms with Crippen molar-refractivity contribution in [2.24, 2.45) is 0 Å². The summed E-state index contributed by atoms with van der Waals surface area (Å²) in [7, 11) is 0. The monoisotopic (exact) mass is 730 g/mol. The van der Waals surface area contributed by atoms with Crippen molar-refractivity contribution in [1.29, 1.82) is 0 Å². The van der Waals surface area contributed by atoms with Crippen LogP contribution in [0.15, 0.2) is 191 Å². The topological polar surface area (TPSA) is 69.9 Å². The van der Waals surface area contributed by atoms with Gasteiger partial charge in [0, 0.05) is 55.2 Å². The lowest BCUT2D eigenvalue weighted by atomic mass is 9.99. The van der Waals surface area contributed by atoms with E-state index in [1.807, 2.05) is 66.7 Å². The molecule has 0 amide bonds. The Morgan fingerprint density at radius 1 is 0.351 bits per heavy atom. The Labute approximate surface area is 325 Å². The van der Waals surface area contributed by atoms with E-state index < -0.39 is 0 Å². The zero-order valence-electron chi connectivity index (χ0n) is 30.4. The predicted octanol–water partition coefficient (Wildman–Crippen LogP) is 13.4. The molecule has 6 nitrogen and oxygen atoms in total. The van der Waals surface area contributed by atoms with Crippen molar-refractivity contribution < 1.29 is 8.83 Å². The minimum Gasteiger partial charge on any atom is -0.456 e. The van der Waals surface area contributed by atoms with Gasteiger partial charge in [0.2, 0.25) is 0 Å². The van der Waals surface area contributed by atoms with Crippen LogP contribution < -0.4 is 0 Å². The van der Waals surface area contributed by atoms with Crippen molar-refractivity contribution in [2.45, 2.75) is 0 Å². The molecule has 0 saturated heterocycles. The van der Waals surface area contributed by atoms with Crippen LogP contribution in [-0.2, 0) is 0 Å². The van der Waals surface area contributed by atoms with Gasteiger partial charge in [-0.3, -0.25) is 0 Å². The van der Waals surface area contributed by atoms with Crippen LogP contribution >= 0.6 is 0 Å². The number of hydrogen-bond acceptors (Lipinski definition) is 5. The van der Waals surface area contributed by atoms with Gasteiger partial charge in [-0.2, -0.15) is 0 Å². The molecular formula is C51H30N4O2. The van der Waals surface area contributed by atoms with E-state index in [1.165, 1.54) is 10.8 Å². The summed E-state index contributed by atoms with van der Waals surface area (Å²) in [4.78, 5) is 15.5. The lowest BCUT2D eigenvalue weighted by Gasteiger charge is -2.10. The Hall–Kier alpha value is -7.83. The minimum atomic E-state index is 0.531. The van der Waals surface area contributed by atoms with E-state index in [0.29, 0.717) is 17.5 Å². The second-order valence-electron chi connectivity index (χ2n) is 14.3. The number of rotatable bonds is 5. The minimum absolute atomic E-state index is 0.531. The Kier molecular flexibility index (Phi) is 6.83. The molecule has 8 aromatic carbocycles. The third-order valence-electron chi connectivity index (χ3n) is 11.1. The average molecular weight is 731 g/mol. The highest BCUT2D eigenvalue weighted by Crippen LogP contribution is 2.42. The average Bonchev–Trinajstić information content (AvgIpc) is 3.96. The highest BCUT2D eigenvalue weighted by atomic mass is 16.3. The third-order valence-corrected chi connectivity index (χ3v) is 11.1. The quantitative estimate of drug-likeness (QED) is 0.176. The number of benzene rings is 8. The first-order valence-electron chi connectivity index (χ1n) is 19.0. The summed E-state index contributed by atoms with van der Waals surface area (Å²) < 4.78 is 15.6. The molecule has 0 aliphatic carbocycles. The van der Waals surface area contributed by atoms with E-state index in [9.17, 15) is 0 Å². The Balaban J connectivity index is 1.07. The van der Waals surface area contributed by atoms with Crippen LogP contribution in [0.5, 0.6) is 0 Å². The van der Waals surface area contributed by atoms with Crippen LogP contribution in [0.4, 0.5) is 0 Å². The number of fused-ring (bicyclic) bond motifs is 9. The fraction of sp³-hybridized carbons (Fsp3) is 0. The first kappa shape index (κ1) is 31.5. The van der Waals surface area contributed by atoms with Gasteiger partial charge < -0.3 is 13.4 Å². The van der Waals surface area contributed by atoms with Crippen LogP contribution in [0.1, 0.15) is 0 Å². The largest absolute Gasteiger partial charge is 0.456 e. The lowest BCUT2D eigenvalue weighted by molar-refractivity contribution is 0.668. The maximum atomic E-state index is 6.68. The molecule has 12 aromatic rings. The molecular weight excluding hydrogens is 701 g/mol. The van der Waals surface area contributed by atoms with Gasteiger partial charge in [0.25, 0.3) is 0 Å². The molecule has 0 bridgehead atoms. The van der Waals surface area contributed by atoms with Gasteiger partial charge in [-0.15, -0.1) is 0 Å². The number of para-hydroxylation sites is 3. The zero-order valence-corrected chi connectivity index (χ0v) is 30.4. The molecule has 6 heteroatoms. The lowest BCUT2D eigenvalue weighted by Crippen LogP contribution is -2.00. The van der Waals surface area contributed by atoms with E-state index >= 15 is 0 Å². The number of furan rings is 2. The van der Waals surface area contributed by atoms with Gasteiger partial charge in [0.05, 0.1) is 16.6 Å². The van der Waals surface area contributed by atoms with E-state index in [-0.39, 0.29) is 0 Å². The SMILES string of the molecule is c1ccc(-c2nc(-c3cccc4c3oc3cccc(-c5ccccc5)c34)nc(-c3cccc4oc5cc(-n6c7ccccc7c7ccccc76)ccc5c34)n2)cc1. The maximum Gasteiger partial charge on any atom is 0.167 e. The molecule has 57 heavy (non-hydrogen) atoms. The van der Waals surface area contributed by atoms with Crippen LogP contribution in [0.25, 0.3) is 117 Å². The first-order chi connectivity index (χ1) is 28.3. The summed E-state index contributed by atoms with van der Waals surface area (Å²) in [5.74, 6) is 1.66. The molecule has 12 rings (SSSR count). The van der Waals surface area contributed by atoms with E-state index in [2.05, 4.69) is 120 Å². The summed E-state index contributed by atoms with van der Waals surface area (Å²) in [5.41, 5.74) is 11.2. The van der Waals surface area contributed by atoms with Gasteiger partial charge in [-0.1, -0.05) is 133 Å². The highest BCUT2D eigenvalue weighted by Gasteiger charge is 2.22. The zero-order chi connectivity index (χ0) is 37.5. The molecule has 0 aliphatic heterocycles. The van der Waals surface area contributed by atoms with Crippen LogP contribution in [0.2, 0.25) is 0 Å². The summed E-state index contributed by atoms with van der Waals surface area (Å²) >= 11 is 0. The van der Waals surface area contributed by atoms with E-state index in [0.717, 1.165) is 88.4 Å². The van der Waals surface area contributed by atoms with Crippen molar-refractivity contribution >= 4 is 65.7 Å². The predicted molar refractivity (Wildman–Crippen MR) is 230 cm³/mol. The Morgan fingerprint density at radius 3 is 1.63 bits per heavy atom. The number of aromatic nitrogens is 4. The fourth-order valence-corrected chi connectivity index (χ4v) is 8.56. The number of hydrogen-bond donors (Lipinski definition) is 0. The maximum absolute atomic E-state index is 6.68. The van der Waals surface area contributed by atoms with E-state index in [4.69, 9.17) is 23.8 Å². The van der Waals surface area contributed by atoms with Crippen molar-refractivity contribution in [1.82, 2.24) is 19.5 Å². The van der Waals surface area contributed by atoms with E-state index in [1.54, 1.807) is 0 Å². The molecule has 0 fully saturated rings. The molecule has 266 valence electrons. The van der Waals surface area contributed by atoms with Crippen LogP contribution in [0.3, 0.4) is 0 Å². The highest BCUT2D eigenvalue weighted by molar-refractivity contribution is 6.16. The summed E-state index contributed by atoms with van der Waals surface area (Å²) in [6, 6.07) is 62.5. The number of nitrogens with zero attached hydrogens (tertiary/aromatic N) is 4. The fourth-order valence-electron chi connectivity index (χ4n) is 8.56. The Morgan fingerprint density at radius 2 is 0.895 bits per heavy atom. The second kappa shape index (κ2) is 12.3. The standard InChI is InChI=1S/C51H30N4O2/c1-3-14-31(15-4-1)34-20-12-27-44-46(34)38-21-11-23-40(48(38)57-44)51-53-49(32-16-5-2-6-17-32)52-50(54-51)39-22-13-26-43-47(39)37-29-28-33(30-45(37)56-43)55-41-24-9-7-18-35(41)36-19-8-10-25-42(36)55/h1-30H. The van der Waals surface area contributed by atoms with Gasteiger partial charge in [0.15, 0.2) is 17.5 Å². The van der Waals surface area contributed by atoms with Gasteiger partial charge >= 0.3 is 0 Å². The molecule has 0 aliphatic rings. The molecule has 0 spiro atoms. The normalized spacial score (nSPS) is 11.9. The summed E-state index contributed by atoms with van der Waals surface area (Å²) in [6.45, 7) is 0. The molecule has 0 radical (unpaired) electrons. The second-order valence-corrected chi connectivity index (χ2v) is 14.3. The van der Waals surface area contributed by atoms with Crippen molar-refractivity contribution in [2.75, 3.05) is 0 Å². The van der Waals surface area contributed by atoms with Crippen molar-refractivity contribution in [3.63, 3.8) is 0 Å². The smallest absolute Gasteiger partial charge is 0.167 e. The summed E-state index contributed by atoms with van der Waals surface area (Å²) in [5, 5.41) is 6.44. The molecule has 4 heterocycles. The van der Waals surface area contributed by atoms with Crippen LogP contribution in [0, 0.1) is 0 Å². The molecule has 0 N–H and O–H groups in total. The first-order valence-corrected chi connectivity index (χ1v) is 19.0. The molecule has 0 unspecified atom stereocenters. The summed E-state index contributed by atoms with van der Waals surface area (Å²) in [6.07, 6.45) is 0. The van der Waals surface area contributed by atoms with Crippen LogP contribution in [-0.4, -0.2) is 19.5 Å². The van der Waals surface area contributed by atoms with Gasteiger partial charge in [0.1, 0.15) is 22.3 Å². The van der Waals surface area contributed by atoms with Crippen molar-refractivity contribution in [3.8, 4) is 51.0 Å². The third kappa shape index (κ3) is 4.87. The molecule has 0 saturated carbocycles. The molecule has 4 aromatic heterocycles. The van der Waals surface area contributed by atoms with Crippen molar-refractivity contribution in [3.05, 3.63) is 182 Å². The van der Waals surface area contributed by atoms with Gasteiger partial charge in [-0.25, -0.2) is 15.0 Å². The Bertz CT molecular complexity index is 3470. The molecule has 0 atom stereocenters. The van der Waals surface area contributed by atoms with Gasteiger partial charge in [-0.05, 0) is 53.6 Å².